The summed E-state index contributed by atoms with van der Waals surface area (Å²) < 4.78 is 0. The van der Waals surface area contributed by atoms with Crippen molar-refractivity contribution in [3.63, 3.8) is 0 Å². The van der Waals surface area contributed by atoms with E-state index in [0.29, 0.717) is 18.1 Å². The van der Waals surface area contributed by atoms with Crippen LogP contribution in [0.25, 0.3) is 0 Å². The highest BCUT2D eigenvalue weighted by molar-refractivity contribution is 7.12. The molecule has 1 unspecified atom stereocenters. The van der Waals surface area contributed by atoms with E-state index in [0.717, 1.165) is 0 Å². The van der Waals surface area contributed by atoms with Crippen molar-refractivity contribution >= 4 is 11.3 Å². The summed E-state index contributed by atoms with van der Waals surface area (Å²) >= 11 is 1.90. The minimum absolute atomic E-state index is 0.442. The van der Waals surface area contributed by atoms with Gasteiger partial charge >= 0.3 is 0 Å². The fraction of sp³-hybridized carbons (Fsp3) is 0.692. The van der Waals surface area contributed by atoms with E-state index in [4.69, 9.17) is 5.73 Å². The van der Waals surface area contributed by atoms with E-state index in [1.54, 1.807) is 0 Å². The number of aryl methyl sites for hydroxylation is 1. The van der Waals surface area contributed by atoms with Gasteiger partial charge in [-0.05, 0) is 51.7 Å². The molecule has 1 aromatic rings. The second-order valence-corrected chi connectivity index (χ2v) is 6.27. The van der Waals surface area contributed by atoms with Gasteiger partial charge in [-0.1, -0.05) is 0 Å². The molecule has 90 valence electrons. The maximum Gasteiger partial charge on any atom is 0.0388 e. The van der Waals surface area contributed by atoms with Crippen LogP contribution in [0.2, 0.25) is 0 Å². The van der Waals surface area contributed by atoms with Crippen LogP contribution in [0.5, 0.6) is 0 Å². The Morgan fingerprint density at radius 2 is 2.00 bits per heavy atom. The molecule has 1 saturated carbocycles. The SMILES string of the molecule is Cc1ccc(C(C)NC2CCC(N)CC2)s1. The summed E-state index contributed by atoms with van der Waals surface area (Å²) in [7, 11) is 0. The largest absolute Gasteiger partial charge is 0.328 e. The van der Waals surface area contributed by atoms with Crippen molar-refractivity contribution in [2.45, 2.75) is 57.7 Å². The Labute approximate surface area is 102 Å². The third-order valence-corrected chi connectivity index (χ3v) is 4.63. The van der Waals surface area contributed by atoms with Crippen LogP contribution in [0.4, 0.5) is 0 Å². The second-order valence-electron chi connectivity index (χ2n) is 4.95. The summed E-state index contributed by atoms with van der Waals surface area (Å²) in [6, 6.07) is 6.04. The lowest BCUT2D eigenvalue weighted by Gasteiger charge is -2.29. The van der Waals surface area contributed by atoms with Crippen LogP contribution in [0, 0.1) is 6.92 Å². The molecule has 1 atom stereocenters. The Hall–Kier alpha value is -0.380. The van der Waals surface area contributed by atoms with Crippen LogP contribution in [0.1, 0.15) is 48.4 Å². The molecule has 0 amide bonds. The Kier molecular flexibility index (Phi) is 4.00. The van der Waals surface area contributed by atoms with Crippen molar-refractivity contribution in [2.75, 3.05) is 0 Å². The molecule has 1 aliphatic rings. The third-order valence-electron chi connectivity index (χ3n) is 3.45. The first kappa shape index (κ1) is 12.1. The van der Waals surface area contributed by atoms with Crippen LogP contribution in [-0.2, 0) is 0 Å². The van der Waals surface area contributed by atoms with Crippen LogP contribution in [0.15, 0.2) is 12.1 Å². The van der Waals surface area contributed by atoms with Gasteiger partial charge in [0, 0.05) is 27.9 Å². The minimum atomic E-state index is 0.442. The smallest absolute Gasteiger partial charge is 0.0388 e. The molecule has 0 radical (unpaired) electrons. The molecular weight excluding hydrogens is 216 g/mol. The predicted molar refractivity (Wildman–Crippen MR) is 70.8 cm³/mol. The highest BCUT2D eigenvalue weighted by atomic mass is 32.1. The van der Waals surface area contributed by atoms with Crippen molar-refractivity contribution in [3.8, 4) is 0 Å². The maximum atomic E-state index is 5.92. The van der Waals surface area contributed by atoms with Crippen molar-refractivity contribution in [1.29, 1.82) is 0 Å². The van der Waals surface area contributed by atoms with Gasteiger partial charge in [0.15, 0.2) is 0 Å². The molecular formula is C13H22N2S. The zero-order chi connectivity index (χ0) is 11.5. The van der Waals surface area contributed by atoms with Crippen LogP contribution in [0.3, 0.4) is 0 Å². The summed E-state index contributed by atoms with van der Waals surface area (Å²) in [6.07, 6.45) is 4.81. The van der Waals surface area contributed by atoms with E-state index >= 15 is 0 Å². The topological polar surface area (TPSA) is 38.0 Å². The van der Waals surface area contributed by atoms with Gasteiger partial charge in [0.2, 0.25) is 0 Å². The molecule has 1 aromatic heterocycles. The van der Waals surface area contributed by atoms with E-state index in [1.807, 2.05) is 11.3 Å². The van der Waals surface area contributed by atoms with Gasteiger partial charge in [0.1, 0.15) is 0 Å². The Morgan fingerprint density at radius 1 is 1.31 bits per heavy atom. The van der Waals surface area contributed by atoms with Gasteiger partial charge in [0.05, 0.1) is 0 Å². The molecule has 2 nitrogen and oxygen atoms in total. The van der Waals surface area contributed by atoms with E-state index in [-0.39, 0.29) is 0 Å². The Balaban J connectivity index is 1.85. The van der Waals surface area contributed by atoms with Crippen molar-refractivity contribution < 1.29 is 0 Å². The molecule has 0 aliphatic heterocycles. The number of nitrogens with one attached hydrogen (secondary N) is 1. The van der Waals surface area contributed by atoms with E-state index in [1.165, 1.54) is 35.4 Å². The first-order chi connectivity index (χ1) is 7.65. The lowest BCUT2D eigenvalue weighted by Crippen LogP contribution is -2.38. The van der Waals surface area contributed by atoms with Crippen molar-refractivity contribution in [3.05, 3.63) is 21.9 Å². The van der Waals surface area contributed by atoms with Crippen LogP contribution >= 0.6 is 11.3 Å². The van der Waals surface area contributed by atoms with Gasteiger partial charge < -0.3 is 11.1 Å². The van der Waals surface area contributed by atoms with Gasteiger partial charge in [-0.25, -0.2) is 0 Å². The quantitative estimate of drug-likeness (QED) is 0.849. The first-order valence-corrected chi connectivity index (χ1v) is 7.05. The summed E-state index contributed by atoms with van der Waals surface area (Å²) in [6.45, 7) is 4.43. The number of nitrogens with two attached hydrogens (primary N) is 1. The standard InChI is InChI=1S/C13H22N2S/c1-9-3-8-13(16-9)10(2)15-12-6-4-11(14)5-7-12/h3,8,10-12,15H,4-7,14H2,1-2H3. The van der Waals surface area contributed by atoms with E-state index in [2.05, 4.69) is 31.3 Å². The number of hydrogen-bond donors (Lipinski definition) is 2. The number of thiophene rings is 1. The fourth-order valence-electron chi connectivity index (χ4n) is 2.41. The molecule has 1 aliphatic carbocycles. The minimum Gasteiger partial charge on any atom is -0.328 e. The summed E-state index contributed by atoms with van der Waals surface area (Å²) in [5.74, 6) is 0. The third kappa shape index (κ3) is 3.06. The second kappa shape index (κ2) is 5.30. The normalized spacial score (nSPS) is 27.9. The lowest BCUT2D eigenvalue weighted by molar-refractivity contribution is 0.323. The predicted octanol–water partition coefficient (Wildman–Crippen LogP) is 2.98. The highest BCUT2D eigenvalue weighted by Crippen LogP contribution is 2.25. The van der Waals surface area contributed by atoms with E-state index in [9.17, 15) is 0 Å². The number of hydrogen-bond acceptors (Lipinski definition) is 3. The molecule has 0 aromatic carbocycles. The lowest BCUT2D eigenvalue weighted by atomic mass is 9.91. The molecule has 0 saturated heterocycles. The van der Waals surface area contributed by atoms with Gasteiger partial charge in [-0.3, -0.25) is 0 Å². The average molecular weight is 238 g/mol. The molecule has 2 rings (SSSR count). The molecule has 3 N–H and O–H groups in total. The Bertz CT molecular complexity index is 326. The average Bonchev–Trinajstić information content (AvgIpc) is 2.68. The van der Waals surface area contributed by atoms with Gasteiger partial charge in [0.25, 0.3) is 0 Å². The molecule has 0 bridgehead atoms. The summed E-state index contributed by atoms with van der Waals surface area (Å²) in [5.41, 5.74) is 5.92. The van der Waals surface area contributed by atoms with Gasteiger partial charge in [-0.2, -0.15) is 0 Å². The zero-order valence-corrected chi connectivity index (χ0v) is 11.0. The fourth-order valence-corrected chi connectivity index (χ4v) is 3.30. The number of rotatable bonds is 3. The monoisotopic (exact) mass is 238 g/mol. The van der Waals surface area contributed by atoms with Crippen molar-refractivity contribution in [1.82, 2.24) is 5.32 Å². The zero-order valence-electron chi connectivity index (χ0n) is 10.2. The van der Waals surface area contributed by atoms with E-state index < -0.39 is 0 Å². The molecule has 1 heterocycles. The highest BCUT2D eigenvalue weighted by Gasteiger charge is 2.20. The Morgan fingerprint density at radius 3 is 2.56 bits per heavy atom. The molecule has 3 heteroatoms. The van der Waals surface area contributed by atoms with Crippen molar-refractivity contribution in [2.24, 2.45) is 5.73 Å². The molecule has 0 spiro atoms. The van der Waals surface area contributed by atoms with Crippen LogP contribution < -0.4 is 11.1 Å². The maximum absolute atomic E-state index is 5.92. The molecule has 1 fully saturated rings. The summed E-state index contributed by atoms with van der Waals surface area (Å²) in [4.78, 5) is 2.85. The first-order valence-electron chi connectivity index (χ1n) is 6.23. The van der Waals surface area contributed by atoms with Gasteiger partial charge in [-0.15, -0.1) is 11.3 Å². The molecule has 16 heavy (non-hydrogen) atoms. The van der Waals surface area contributed by atoms with Crippen LogP contribution in [-0.4, -0.2) is 12.1 Å². The summed E-state index contributed by atoms with van der Waals surface area (Å²) in [5, 5.41) is 3.72.